The number of urea groups is 1. The molecule has 3 amide bonds. The van der Waals surface area contributed by atoms with Crippen LogP contribution in [0.15, 0.2) is 22.8 Å². The Balaban J connectivity index is 1.89. The molecule has 0 aliphatic carbocycles. The zero-order valence-corrected chi connectivity index (χ0v) is 13.5. The fourth-order valence-corrected chi connectivity index (χ4v) is 2.41. The van der Waals surface area contributed by atoms with Crippen LogP contribution < -0.4 is 16.0 Å². The van der Waals surface area contributed by atoms with Gasteiger partial charge in [0, 0.05) is 14.1 Å². The molecular formula is C14H17N7O3. The highest BCUT2D eigenvalue weighted by Gasteiger charge is 2.51. The van der Waals surface area contributed by atoms with Gasteiger partial charge in [-0.15, -0.1) is 0 Å². The first-order valence-electron chi connectivity index (χ1n) is 7.17. The number of aromatic nitrogens is 3. The van der Waals surface area contributed by atoms with Crippen molar-refractivity contribution in [3.63, 3.8) is 0 Å². The second kappa shape index (κ2) is 5.48. The number of anilines is 2. The number of rotatable bonds is 4. The standard InChI is InChI=1S/C14H17N7O3/c1-14(8-5-4-6-24-8)10(22)21(13(23)19-14)7-9-16-11(15)18-12(17-9)20(2)3/h4-6H,7H2,1-3H3,(H,19,23)(H2,15,16,17,18). The number of nitrogen functional groups attached to an aromatic ring is 1. The van der Waals surface area contributed by atoms with Crippen molar-refractivity contribution < 1.29 is 14.0 Å². The molecule has 1 saturated heterocycles. The Morgan fingerprint density at radius 2 is 2.08 bits per heavy atom. The molecule has 1 aliphatic rings. The number of hydrogen-bond donors (Lipinski definition) is 2. The van der Waals surface area contributed by atoms with Crippen LogP contribution >= 0.6 is 0 Å². The van der Waals surface area contributed by atoms with Gasteiger partial charge in [0.2, 0.25) is 11.9 Å². The summed E-state index contributed by atoms with van der Waals surface area (Å²) in [7, 11) is 3.50. The first kappa shape index (κ1) is 15.7. The molecule has 1 fully saturated rings. The summed E-state index contributed by atoms with van der Waals surface area (Å²) in [6.07, 6.45) is 1.44. The topological polar surface area (TPSA) is 130 Å². The van der Waals surface area contributed by atoms with Gasteiger partial charge >= 0.3 is 6.03 Å². The van der Waals surface area contributed by atoms with Crippen LogP contribution in [0.5, 0.6) is 0 Å². The minimum atomic E-state index is -1.26. The van der Waals surface area contributed by atoms with E-state index in [0.29, 0.717) is 11.7 Å². The van der Waals surface area contributed by atoms with Gasteiger partial charge in [-0.3, -0.25) is 9.69 Å². The lowest BCUT2D eigenvalue weighted by Gasteiger charge is -2.19. The first-order chi connectivity index (χ1) is 11.3. The fourth-order valence-electron chi connectivity index (χ4n) is 2.41. The van der Waals surface area contributed by atoms with Gasteiger partial charge in [-0.05, 0) is 19.1 Å². The smallest absolute Gasteiger partial charge is 0.325 e. The molecule has 1 unspecified atom stereocenters. The SMILES string of the molecule is CN(C)c1nc(N)nc(CN2C(=O)NC(C)(c3ccco3)C2=O)n1. The molecule has 24 heavy (non-hydrogen) atoms. The summed E-state index contributed by atoms with van der Waals surface area (Å²) in [6, 6.07) is 2.73. The molecule has 1 atom stereocenters. The molecular weight excluding hydrogens is 314 g/mol. The average molecular weight is 331 g/mol. The zero-order valence-electron chi connectivity index (χ0n) is 13.5. The molecule has 126 valence electrons. The summed E-state index contributed by atoms with van der Waals surface area (Å²) in [5.41, 5.74) is 4.40. The lowest BCUT2D eigenvalue weighted by molar-refractivity contribution is -0.132. The maximum Gasteiger partial charge on any atom is 0.325 e. The summed E-state index contributed by atoms with van der Waals surface area (Å²) < 4.78 is 5.28. The zero-order chi connectivity index (χ0) is 17.5. The van der Waals surface area contributed by atoms with Gasteiger partial charge < -0.3 is 20.4 Å². The molecule has 10 nitrogen and oxygen atoms in total. The highest BCUT2D eigenvalue weighted by molar-refractivity contribution is 6.06. The fraction of sp³-hybridized carbons (Fsp3) is 0.357. The van der Waals surface area contributed by atoms with Crippen molar-refractivity contribution in [1.82, 2.24) is 25.2 Å². The number of nitrogens with zero attached hydrogens (tertiary/aromatic N) is 5. The maximum absolute atomic E-state index is 12.7. The number of carbonyl (C=O) groups excluding carboxylic acids is 2. The van der Waals surface area contributed by atoms with E-state index in [1.807, 2.05) is 0 Å². The molecule has 0 saturated carbocycles. The van der Waals surface area contributed by atoms with Gasteiger partial charge in [0.25, 0.3) is 5.91 Å². The van der Waals surface area contributed by atoms with Gasteiger partial charge in [-0.2, -0.15) is 15.0 Å². The summed E-state index contributed by atoms with van der Waals surface area (Å²) in [5, 5.41) is 2.64. The Morgan fingerprint density at radius 1 is 1.33 bits per heavy atom. The predicted molar refractivity (Wildman–Crippen MR) is 83.7 cm³/mol. The van der Waals surface area contributed by atoms with E-state index < -0.39 is 17.5 Å². The number of amides is 3. The highest BCUT2D eigenvalue weighted by Crippen LogP contribution is 2.29. The molecule has 0 bridgehead atoms. The Morgan fingerprint density at radius 3 is 2.71 bits per heavy atom. The molecule has 10 heteroatoms. The van der Waals surface area contributed by atoms with E-state index in [-0.39, 0.29) is 18.3 Å². The second-order valence-electron chi connectivity index (χ2n) is 5.73. The van der Waals surface area contributed by atoms with Crippen LogP contribution in [0.2, 0.25) is 0 Å². The lowest BCUT2D eigenvalue weighted by atomic mass is 9.99. The minimum Gasteiger partial charge on any atom is -0.466 e. The number of imide groups is 1. The Bertz CT molecular complexity index is 790. The van der Waals surface area contributed by atoms with E-state index in [0.717, 1.165) is 4.90 Å². The second-order valence-corrected chi connectivity index (χ2v) is 5.73. The van der Waals surface area contributed by atoms with Crippen molar-refractivity contribution in [2.75, 3.05) is 24.7 Å². The molecule has 0 radical (unpaired) electrons. The van der Waals surface area contributed by atoms with Crippen LogP contribution in [0, 0.1) is 0 Å². The quantitative estimate of drug-likeness (QED) is 0.753. The number of nitrogens with one attached hydrogen (secondary N) is 1. The van der Waals surface area contributed by atoms with Crippen LogP contribution in [0.25, 0.3) is 0 Å². The third-order valence-corrected chi connectivity index (χ3v) is 3.68. The van der Waals surface area contributed by atoms with E-state index in [4.69, 9.17) is 10.2 Å². The third kappa shape index (κ3) is 2.51. The van der Waals surface area contributed by atoms with Crippen LogP contribution in [0.1, 0.15) is 18.5 Å². The maximum atomic E-state index is 12.7. The Kier molecular flexibility index (Phi) is 3.59. The van der Waals surface area contributed by atoms with E-state index in [2.05, 4.69) is 20.3 Å². The van der Waals surface area contributed by atoms with Gasteiger partial charge in [-0.25, -0.2) is 4.79 Å². The van der Waals surface area contributed by atoms with E-state index in [1.165, 1.54) is 6.26 Å². The number of carbonyl (C=O) groups is 2. The lowest BCUT2D eigenvalue weighted by Crippen LogP contribution is -2.40. The van der Waals surface area contributed by atoms with Gasteiger partial charge in [0.15, 0.2) is 11.4 Å². The van der Waals surface area contributed by atoms with E-state index in [1.54, 1.807) is 38.1 Å². The van der Waals surface area contributed by atoms with E-state index >= 15 is 0 Å². The third-order valence-electron chi connectivity index (χ3n) is 3.68. The Hall–Kier alpha value is -3.17. The normalized spacial score (nSPS) is 20.4. The molecule has 3 rings (SSSR count). The first-order valence-corrected chi connectivity index (χ1v) is 7.17. The summed E-state index contributed by atoms with van der Waals surface area (Å²) in [6.45, 7) is 1.47. The monoisotopic (exact) mass is 331 g/mol. The molecule has 0 spiro atoms. The van der Waals surface area contributed by atoms with Crippen molar-refractivity contribution >= 4 is 23.8 Å². The van der Waals surface area contributed by atoms with Crippen LogP contribution in [-0.2, 0) is 16.9 Å². The number of furan rings is 1. The molecule has 2 aromatic rings. The van der Waals surface area contributed by atoms with Crippen LogP contribution in [-0.4, -0.2) is 45.9 Å². The van der Waals surface area contributed by atoms with Crippen molar-refractivity contribution in [2.24, 2.45) is 0 Å². The highest BCUT2D eigenvalue weighted by atomic mass is 16.3. The summed E-state index contributed by atoms with van der Waals surface area (Å²) in [5.74, 6) is 0.488. The van der Waals surface area contributed by atoms with Gasteiger partial charge in [0.05, 0.1) is 12.8 Å². The molecule has 3 N–H and O–H groups in total. The van der Waals surface area contributed by atoms with Gasteiger partial charge in [0.1, 0.15) is 5.76 Å². The minimum absolute atomic E-state index is 0.0181. The van der Waals surface area contributed by atoms with Crippen molar-refractivity contribution in [3.8, 4) is 0 Å². The Labute approximate surface area is 137 Å². The molecule has 3 heterocycles. The number of nitrogens with two attached hydrogens (primary N) is 1. The molecule has 1 aliphatic heterocycles. The predicted octanol–water partition coefficient (Wildman–Crippen LogP) is 0.0800. The van der Waals surface area contributed by atoms with Gasteiger partial charge in [-0.1, -0.05) is 0 Å². The van der Waals surface area contributed by atoms with Crippen LogP contribution in [0.4, 0.5) is 16.7 Å². The van der Waals surface area contributed by atoms with Crippen molar-refractivity contribution in [2.45, 2.75) is 19.0 Å². The number of hydrogen-bond acceptors (Lipinski definition) is 8. The summed E-state index contributed by atoms with van der Waals surface area (Å²) in [4.78, 5) is 39.8. The molecule has 0 aromatic carbocycles. The largest absolute Gasteiger partial charge is 0.466 e. The summed E-state index contributed by atoms with van der Waals surface area (Å²) >= 11 is 0. The molecule has 2 aromatic heterocycles. The van der Waals surface area contributed by atoms with Crippen molar-refractivity contribution in [1.29, 1.82) is 0 Å². The van der Waals surface area contributed by atoms with E-state index in [9.17, 15) is 9.59 Å². The average Bonchev–Trinajstić information content (AvgIpc) is 3.11. The van der Waals surface area contributed by atoms with Crippen molar-refractivity contribution in [3.05, 3.63) is 30.0 Å². The van der Waals surface area contributed by atoms with Crippen LogP contribution in [0.3, 0.4) is 0 Å².